The Hall–Kier alpha value is -0.703. The highest BCUT2D eigenvalue weighted by Gasteiger charge is 2.25. The van der Waals surface area contributed by atoms with Crippen LogP contribution in [0.15, 0.2) is 12.2 Å². The number of hydrogen-bond acceptors (Lipinski definition) is 2. The molecule has 0 spiro atoms. The second kappa shape index (κ2) is 5.12. The Labute approximate surface area is 82.0 Å². The fraction of sp³-hybridized carbons (Fsp3) is 0.600. The highest BCUT2D eigenvalue weighted by molar-refractivity contribution is 7.04. The van der Waals surface area contributed by atoms with Gasteiger partial charge in [-0.05, 0) is 12.5 Å². The number of hydrogen-bond donors (Lipinski definition) is 0. The van der Waals surface area contributed by atoms with Crippen molar-refractivity contribution in [3.63, 3.8) is 0 Å². The number of rotatable bonds is 4. The molecule has 0 aromatic heterocycles. The minimum Gasteiger partial charge on any atom is -0.305 e. The van der Waals surface area contributed by atoms with Gasteiger partial charge in [-0.15, -0.1) is 0 Å². The zero-order valence-electron chi connectivity index (χ0n) is 8.23. The van der Waals surface area contributed by atoms with E-state index in [2.05, 4.69) is 6.58 Å². The second-order valence-electron chi connectivity index (χ2n) is 4.05. The standard InChI is InChI=1S/C9H16O2Si.CH4/c1-7(2)8(10)6-9(11)12(3,4)5;/h1,6H2,2-5H3;1H4. The number of allylic oxidation sites excluding steroid dienone is 1. The van der Waals surface area contributed by atoms with E-state index in [1.54, 1.807) is 6.92 Å². The van der Waals surface area contributed by atoms with E-state index in [9.17, 15) is 9.59 Å². The van der Waals surface area contributed by atoms with Crippen LogP contribution in [0, 0.1) is 0 Å². The molecule has 0 unspecified atom stereocenters. The third-order valence-electron chi connectivity index (χ3n) is 1.63. The van der Waals surface area contributed by atoms with Gasteiger partial charge in [0.25, 0.3) is 0 Å². The molecular formula is C10H20O2Si. The third kappa shape index (κ3) is 5.52. The van der Waals surface area contributed by atoms with Gasteiger partial charge < -0.3 is 4.79 Å². The first-order chi connectivity index (χ1) is 5.25. The number of carbonyl (C=O) groups excluding carboxylic acids is 2. The van der Waals surface area contributed by atoms with Crippen LogP contribution in [0.2, 0.25) is 19.6 Å². The lowest BCUT2D eigenvalue weighted by Crippen LogP contribution is -2.34. The molecule has 13 heavy (non-hydrogen) atoms. The molecule has 3 heteroatoms. The lowest BCUT2D eigenvalue weighted by atomic mass is 10.2. The molecule has 0 rings (SSSR count). The SMILES string of the molecule is C.C=C(C)C(=O)CC(=O)[Si](C)(C)C. The molecule has 0 fully saturated rings. The molecule has 0 aliphatic rings. The van der Waals surface area contributed by atoms with Gasteiger partial charge in [0.2, 0.25) is 0 Å². The molecule has 0 N–H and O–H groups in total. The molecular weight excluding hydrogens is 180 g/mol. The van der Waals surface area contributed by atoms with Crippen molar-refractivity contribution in [3.05, 3.63) is 12.2 Å². The molecule has 0 aliphatic heterocycles. The molecule has 0 radical (unpaired) electrons. The average molecular weight is 200 g/mol. The van der Waals surface area contributed by atoms with Gasteiger partial charge in [0.05, 0.1) is 6.42 Å². The van der Waals surface area contributed by atoms with E-state index in [-0.39, 0.29) is 25.0 Å². The van der Waals surface area contributed by atoms with Gasteiger partial charge in [-0.2, -0.15) is 0 Å². The maximum atomic E-state index is 11.4. The van der Waals surface area contributed by atoms with Gasteiger partial charge in [0, 0.05) is 0 Å². The van der Waals surface area contributed by atoms with Gasteiger partial charge >= 0.3 is 0 Å². The zero-order chi connectivity index (χ0) is 9.94. The molecule has 0 aromatic carbocycles. The van der Waals surface area contributed by atoms with E-state index in [1.165, 1.54) is 0 Å². The molecule has 0 heterocycles. The fourth-order valence-corrected chi connectivity index (χ4v) is 1.25. The van der Waals surface area contributed by atoms with E-state index in [0.29, 0.717) is 5.57 Å². The molecule has 0 aromatic rings. The molecule has 0 saturated heterocycles. The van der Waals surface area contributed by atoms with Gasteiger partial charge in [-0.25, -0.2) is 0 Å². The van der Waals surface area contributed by atoms with Crippen LogP contribution in [-0.4, -0.2) is 19.3 Å². The van der Waals surface area contributed by atoms with Crippen LogP contribution >= 0.6 is 0 Å². The van der Waals surface area contributed by atoms with Crippen LogP contribution in [0.5, 0.6) is 0 Å². The summed E-state index contributed by atoms with van der Waals surface area (Å²) in [7, 11) is -1.77. The lowest BCUT2D eigenvalue weighted by molar-refractivity contribution is -0.121. The Morgan fingerprint density at radius 1 is 1.23 bits per heavy atom. The maximum Gasteiger partial charge on any atom is 0.164 e. The minimum absolute atomic E-state index is 0. The smallest absolute Gasteiger partial charge is 0.164 e. The highest BCUT2D eigenvalue weighted by atomic mass is 28.3. The van der Waals surface area contributed by atoms with Crippen LogP contribution in [0.3, 0.4) is 0 Å². The van der Waals surface area contributed by atoms with Crippen molar-refractivity contribution < 1.29 is 9.59 Å². The summed E-state index contributed by atoms with van der Waals surface area (Å²) < 4.78 is 0. The number of ketones is 1. The molecule has 0 bridgehead atoms. The summed E-state index contributed by atoms with van der Waals surface area (Å²) >= 11 is 0. The first-order valence-corrected chi connectivity index (χ1v) is 7.47. The van der Waals surface area contributed by atoms with Crippen molar-refractivity contribution in [2.75, 3.05) is 0 Å². The van der Waals surface area contributed by atoms with Crippen LogP contribution in [0.1, 0.15) is 20.8 Å². The van der Waals surface area contributed by atoms with Gasteiger partial charge in [-0.3, -0.25) is 4.79 Å². The summed E-state index contributed by atoms with van der Waals surface area (Å²) in [6, 6.07) is 0. The summed E-state index contributed by atoms with van der Waals surface area (Å²) in [5.41, 5.74) is 0.474. The summed E-state index contributed by atoms with van der Waals surface area (Å²) in [5.74, 6) is -0.123. The first kappa shape index (κ1) is 14.8. The molecule has 0 saturated carbocycles. The minimum atomic E-state index is -1.77. The average Bonchev–Trinajstić information content (AvgIpc) is 1.85. The van der Waals surface area contributed by atoms with Crippen molar-refractivity contribution in [3.8, 4) is 0 Å². The van der Waals surface area contributed by atoms with Gasteiger partial charge in [-0.1, -0.05) is 33.6 Å². The van der Waals surface area contributed by atoms with Crippen molar-refractivity contribution in [2.45, 2.75) is 40.4 Å². The van der Waals surface area contributed by atoms with E-state index in [0.717, 1.165) is 0 Å². The predicted octanol–water partition coefficient (Wildman–Crippen LogP) is 2.60. The van der Waals surface area contributed by atoms with Crippen molar-refractivity contribution >= 4 is 19.3 Å². The Bertz CT molecular complexity index is 224. The summed E-state index contributed by atoms with van der Waals surface area (Å²) in [6.45, 7) is 11.0. The van der Waals surface area contributed by atoms with E-state index >= 15 is 0 Å². The largest absolute Gasteiger partial charge is 0.305 e. The van der Waals surface area contributed by atoms with E-state index < -0.39 is 8.07 Å². The van der Waals surface area contributed by atoms with Crippen LogP contribution in [0.25, 0.3) is 0 Å². The molecule has 0 amide bonds. The van der Waals surface area contributed by atoms with Gasteiger partial charge in [0.15, 0.2) is 5.78 Å². The maximum absolute atomic E-state index is 11.4. The molecule has 76 valence electrons. The Balaban J connectivity index is 0. The van der Waals surface area contributed by atoms with Gasteiger partial charge in [0.1, 0.15) is 13.5 Å². The lowest BCUT2D eigenvalue weighted by Gasteiger charge is -2.12. The van der Waals surface area contributed by atoms with Crippen LogP contribution < -0.4 is 0 Å². The fourth-order valence-electron chi connectivity index (χ4n) is 0.562. The first-order valence-electron chi connectivity index (χ1n) is 3.97. The van der Waals surface area contributed by atoms with Crippen molar-refractivity contribution in [2.24, 2.45) is 0 Å². The molecule has 0 aliphatic carbocycles. The Kier molecular flexibility index (Phi) is 5.83. The normalized spacial score (nSPS) is 10.2. The summed E-state index contributed by atoms with van der Waals surface area (Å²) in [6.07, 6.45) is 0.0467. The topological polar surface area (TPSA) is 34.1 Å². The van der Waals surface area contributed by atoms with Crippen molar-refractivity contribution in [1.82, 2.24) is 0 Å². The monoisotopic (exact) mass is 200 g/mol. The van der Waals surface area contributed by atoms with E-state index in [1.807, 2.05) is 19.6 Å². The molecule has 2 nitrogen and oxygen atoms in total. The van der Waals surface area contributed by atoms with E-state index in [4.69, 9.17) is 0 Å². The predicted molar refractivity (Wildman–Crippen MR) is 59.5 cm³/mol. The third-order valence-corrected chi connectivity index (χ3v) is 3.48. The Morgan fingerprint density at radius 2 is 1.62 bits per heavy atom. The summed E-state index contributed by atoms with van der Waals surface area (Å²) in [5, 5.41) is 0.107. The quantitative estimate of drug-likeness (QED) is 0.397. The molecule has 0 atom stereocenters. The summed E-state index contributed by atoms with van der Waals surface area (Å²) in [4.78, 5) is 22.5. The van der Waals surface area contributed by atoms with Crippen LogP contribution in [0.4, 0.5) is 0 Å². The Morgan fingerprint density at radius 3 is 1.85 bits per heavy atom. The van der Waals surface area contributed by atoms with Crippen molar-refractivity contribution in [1.29, 1.82) is 0 Å². The number of carbonyl (C=O) groups is 2. The second-order valence-corrected chi connectivity index (χ2v) is 9.11. The highest BCUT2D eigenvalue weighted by Crippen LogP contribution is 2.07. The number of Topliss-reactive ketones (excluding diaryl/α,β-unsaturated/α-hetero) is 1. The zero-order valence-corrected chi connectivity index (χ0v) is 9.23. The van der Waals surface area contributed by atoms with Crippen LogP contribution in [-0.2, 0) is 9.59 Å².